The van der Waals surface area contributed by atoms with Gasteiger partial charge in [-0.2, -0.15) is 0 Å². The predicted octanol–water partition coefficient (Wildman–Crippen LogP) is 9.51. The van der Waals surface area contributed by atoms with Crippen LogP contribution in [-0.4, -0.2) is 19.7 Å². The minimum absolute atomic E-state index is 0.104. The van der Waals surface area contributed by atoms with Gasteiger partial charge in [-0.05, 0) is 54.7 Å². The second kappa shape index (κ2) is 14.4. The zero-order valence-corrected chi connectivity index (χ0v) is 28.2. The van der Waals surface area contributed by atoms with Gasteiger partial charge in [0.1, 0.15) is 5.56 Å². The molecule has 12 nitrogen and oxygen atoms in total. The van der Waals surface area contributed by atoms with Crippen molar-refractivity contribution >= 4 is 22.7 Å². The zero-order valence-electron chi connectivity index (χ0n) is 28.2. The Hall–Kier alpha value is -4.74. The van der Waals surface area contributed by atoms with E-state index in [9.17, 15) is 40.5 Å². The van der Waals surface area contributed by atoms with Crippen molar-refractivity contribution in [3.63, 3.8) is 0 Å². The molecule has 0 saturated carbocycles. The van der Waals surface area contributed by atoms with Crippen molar-refractivity contribution in [3.05, 3.63) is 122 Å². The van der Waals surface area contributed by atoms with E-state index >= 15 is 0 Å². The molecule has 12 heteroatoms. The third kappa shape index (κ3) is 10.4. The largest absolute Gasteiger partial charge is 0.282 e. The first-order valence-electron chi connectivity index (χ1n) is 14.2. The molecule has 3 rings (SSSR count). The highest BCUT2D eigenvalue weighted by Crippen LogP contribution is 2.38. The molecule has 0 aliphatic carbocycles. The average Bonchev–Trinajstić information content (AvgIpc) is 2.86. The Bertz CT molecular complexity index is 1570. The van der Waals surface area contributed by atoms with Gasteiger partial charge < -0.3 is 0 Å². The highest BCUT2D eigenvalue weighted by Gasteiger charge is 2.31. The molecule has 0 N–H and O–H groups in total. The van der Waals surface area contributed by atoms with Gasteiger partial charge in [-0.15, -0.1) is 0 Å². The molecule has 0 fully saturated rings. The highest BCUT2D eigenvalue weighted by atomic mass is 16.6. The van der Waals surface area contributed by atoms with Crippen LogP contribution >= 0.6 is 0 Å². The van der Waals surface area contributed by atoms with Crippen LogP contribution < -0.4 is 0 Å². The number of nitrogens with zero attached hydrogens (tertiary/aromatic N) is 4. The van der Waals surface area contributed by atoms with Crippen molar-refractivity contribution in [1.29, 1.82) is 0 Å². The summed E-state index contributed by atoms with van der Waals surface area (Å²) in [7, 11) is 0. The molecule has 0 unspecified atom stereocenters. The monoisotopic (exact) mass is 624 g/mol. The normalized spacial score (nSPS) is 11.4. The SMILES string of the molecule is Cc1c([N+](=O)[O-])ccc(C(C)(C)C)c1[N+](=O)[O-].Cc1cc(C(C)(C)C)c([N+](=O)[O-])cc1[N+](=O)[O-].Cc1cccc(C(C)(C)C)c1. The van der Waals surface area contributed by atoms with Crippen LogP contribution in [0.2, 0.25) is 0 Å². The molecule has 0 radical (unpaired) electrons. The van der Waals surface area contributed by atoms with E-state index in [4.69, 9.17) is 0 Å². The summed E-state index contributed by atoms with van der Waals surface area (Å²) in [5.74, 6) is 0. The van der Waals surface area contributed by atoms with Crippen molar-refractivity contribution in [2.75, 3.05) is 0 Å². The molecule has 0 heterocycles. The maximum absolute atomic E-state index is 11.0. The van der Waals surface area contributed by atoms with E-state index in [1.807, 2.05) is 41.5 Å². The first kappa shape index (κ1) is 38.3. The summed E-state index contributed by atoms with van der Waals surface area (Å²) in [6.07, 6.45) is 0. The van der Waals surface area contributed by atoms with Gasteiger partial charge in [0.25, 0.3) is 22.7 Å². The maximum Gasteiger partial charge on any atom is 0.282 e. The average molecular weight is 625 g/mol. The molecule has 0 aliphatic heterocycles. The Morgan fingerprint density at radius 1 is 0.511 bits per heavy atom. The standard InChI is InChI=1S/2C11H14N2O4.C11H16/c1-7-5-8(11(2,3)4)10(13(16)17)6-9(7)12(14)15;1-7-9(12(14)15)6-5-8(11(2,3)4)10(7)13(16)17;1-9-6-5-7-10(8-9)11(2,3)4/h2*5-6H,1-4H3;5-8H,1-4H3. The van der Waals surface area contributed by atoms with E-state index in [0.717, 1.165) is 6.07 Å². The van der Waals surface area contributed by atoms with E-state index < -0.39 is 30.5 Å². The number of nitro groups is 4. The van der Waals surface area contributed by atoms with Gasteiger partial charge in [0.15, 0.2) is 0 Å². The van der Waals surface area contributed by atoms with Crippen molar-refractivity contribution in [2.24, 2.45) is 0 Å². The molecule has 0 atom stereocenters. The van der Waals surface area contributed by atoms with Gasteiger partial charge in [-0.25, -0.2) is 0 Å². The number of nitro benzene ring substituents is 4. The van der Waals surface area contributed by atoms with Gasteiger partial charge in [-0.3, -0.25) is 40.5 Å². The summed E-state index contributed by atoms with van der Waals surface area (Å²) in [6, 6.07) is 14.0. The van der Waals surface area contributed by atoms with Gasteiger partial charge >= 0.3 is 0 Å². The number of benzene rings is 3. The fourth-order valence-corrected chi connectivity index (χ4v) is 4.47. The molecule has 244 valence electrons. The summed E-state index contributed by atoms with van der Waals surface area (Å²) in [6.45, 7) is 22.8. The first-order valence-corrected chi connectivity index (χ1v) is 14.2. The van der Waals surface area contributed by atoms with Gasteiger partial charge in [0, 0.05) is 22.8 Å². The molecule has 3 aromatic carbocycles. The first-order chi connectivity index (χ1) is 20.3. The molecule has 0 aromatic heterocycles. The van der Waals surface area contributed by atoms with Crippen molar-refractivity contribution in [1.82, 2.24) is 0 Å². The minimum atomic E-state index is -0.602. The van der Waals surface area contributed by atoms with E-state index in [1.165, 1.54) is 36.2 Å². The molecule has 45 heavy (non-hydrogen) atoms. The lowest BCUT2D eigenvalue weighted by atomic mass is 9.84. The smallest absolute Gasteiger partial charge is 0.258 e. The van der Waals surface area contributed by atoms with Crippen molar-refractivity contribution in [2.45, 2.75) is 99.3 Å². The lowest BCUT2D eigenvalue weighted by Crippen LogP contribution is -2.15. The Labute approximate surface area is 264 Å². The Morgan fingerprint density at radius 2 is 1.00 bits per heavy atom. The topological polar surface area (TPSA) is 173 Å². The maximum atomic E-state index is 11.0. The summed E-state index contributed by atoms with van der Waals surface area (Å²) in [5, 5.41) is 43.5. The van der Waals surface area contributed by atoms with E-state index in [2.05, 4.69) is 52.0 Å². The van der Waals surface area contributed by atoms with Crippen LogP contribution in [0.5, 0.6) is 0 Å². The van der Waals surface area contributed by atoms with Crippen LogP contribution in [0, 0.1) is 61.2 Å². The molecule has 0 spiro atoms. The fourth-order valence-electron chi connectivity index (χ4n) is 4.47. The van der Waals surface area contributed by atoms with Gasteiger partial charge in [0.2, 0.25) is 0 Å². The predicted molar refractivity (Wildman–Crippen MR) is 176 cm³/mol. The summed E-state index contributed by atoms with van der Waals surface area (Å²) in [4.78, 5) is 41.1. The molecule has 0 saturated heterocycles. The Morgan fingerprint density at radius 3 is 1.36 bits per heavy atom. The van der Waals surface area contributed by atoms with Crippen LogP contribution in [-0.2, 0) is 16.2 Å². The third-order valence-corrected chi connectivity index (χ3v) is 6.99. The number of rotatable bonds is 4. The van der Waals surface area contributed by atoms with Gasteiger partial charge in [0.05, 0.1) is 25.8 Å². The number of aryl methyl sites for hydroxylation is 2. The second-order valence-corrected chi connectivity index (χ2v) is 13.9. The van der Waals surface area contributed by atoms with E-state index in [-0.39, 0.29) is 33.7 Å². The van der Waals surface area contributed by atoms with E-state index in [0.29, 0.717) is 16.7 Å². The molecule has 0 bridgehead atoms. The van der Waals surface area contributed by atoms with E-state index in [1.54, 1.807) is 6.92 Å². The van der Waals surface area contributed by atoms with Crippen LogP contribution in [0.4, 0.5) is 22.7 Å². The van der Waals surface area contributed by atoms with Crippen LogP contribution in [0.3, 0.4) is 0 Å². The fraction of sp³-hybridized carbons (Fsp3) is 0.455. The summed E-state index contributed by atoms with van der Waals surface area (Å²) < 4.78 is 0. The summed E-state index contributed by atoms with van der Waals surface area (Å²) >= 11 is 0. The van der Waals surface area contributed by atoms with Crippen LogP contribution in [0.25, 0.3) is 0 Å². The second-order valence-electron chi connectivity index (χ2n) is 13.9. The molecule has 0 amide bonds. The van der Waals surface area contributed by atoms with Crippen molar-refractivity contribution in [3.8, 4) is 0 Å². The molecule has 3 aromatic rings. The number of hydrogen-bond donors (Lipinski definition) is 0. The van der Waals surface area contributed by atoms with Crippen LogP contribution in [0.15, 0.2) is 48.5 Å². The summed E-state index contributed by atoms with van der Waals surface area (Å²) in [5.41, 5.74) is 2.94. The lowest BCUT2D eigenvalue weighted by molar-refractivity contribution is -0.396. The zero-order chi connectivity index (χ0) is 35.2. The van der Waals surface area contributed by atoms with Gasteiger partial charge in [-0.1, -0.05) is 92.1 Å². The Kier molecular flexibility index (Phi) is 12.2. The van der Waals surface area contributed by atoms with Crippen LogP contribution in [0.1, 0.15) is 95.7 Å². The molecule has 0 aliphatic rings. The molecular formula is C33H44N4O8. The molecular weight excluding hydrogens is 580 g/mol. The number of hydrogen-bond acceptors (Lipinski definition) is 8. The highest BCUT2D eigenvalue weighted by molar-refractivity contribution is 5.59. The quantitative estimate of drug-likeness (QED) is 0.204. The van der Waals surface area contributed by atoms with Crippen molar-refractivity contribution < 1.29 is 19.7 Å². The third-order valence-electron chi connectivity index (χ3n) is 6.99. The Balaban J connectivity index is 0.000000346. The minimum Gasteiger partial charge on any atom is -0.258 e. The lowest BCUT2D eigenvalue weighted by Gasteiger charge is -2.19.